The first kappa shape index (κ1) is 17.1. The minimum Gasteiger partial charge on any atom is -0.504 e. The number of benzene rings is 2. The number of phenols is 1. The van der Waals surface area contributed by atoms with Crippen molar-refractivity contribution >= 4 is 38.6 Å². The number of phenolic OH excluding ortho intramolecular Hbond substituents is 1. The smallest absolute Gasteiger partial charge is 0.209 e. The number of hydrogen-bond donors (Lipinski definition) is 1. The van der Waals surface area contributed by atoms with Crippen LogP contribution >= 0.6 is 27.3 Å². The van der Waals surface area contributed by atoms with Crippen LogP contribution in [0.3, 0.4) is 0 Å². The van der Waals surface area contributed by atoms with Gasteiger partial charge in [-0.1, -0.05) is 27.3 Å². The summed E-state index contributed by atoms with van der Waals surface area (Å²) in [5.74, 6) is 1.34. The highest BCUT2D eigenvalue weighted by Crippen LogP contribution is 2.48. The Hall–Kier alpha value is -2.38. The van der Waals surface area contributed by atoms with Crippen molar-refractivity contribution in [3.63, 3.8) is 0 Å². The maximum absolute atomic E-state index is 9.67. The fraction of sp³-hybridized carbons (Fsp3) is 0.158. The number of methoxy groups -OCH3 is 2. The Morgan fingerprint density at radius 1 is 1.19 bits per heavy atom. The average Bonchev–Trinajstić information content (AvgIpc) is 3.20. The molecule has 26 heavy (non-hydrogen) atoms. The van der Waals surface area contributed by atoms with Gasteiger partial charge in [-0.3, -0.25) is 0 Å². The Kier molecular flexibility index (Phi) is 4.42. The zero-order valence-electron chi connectivity index (χ0n) is 14.1. The number of aromatic hydroxyl groups is 1. The van der Waals surface area contributed by atoms with E-state index < -0.39 is 0 Å². The molecule has 0 amide bonds. The quantitative estimate of drug-likeness (QED) is 0.465. The third-order valence-corrected chi connectivity index (χ3v) is 5.93. The van der Waals surface area contributed by atoms with E-state index in [4.69, 9.17) is 14.5 Å². The van der Waals surface area contributed by atoms with Gasteiger partial charge in [0.2, 0.25) is 5.13 Å². The molecule has 3 aromatic rings. The summed E-state index contributed by atoms with van der Waals surface area (Å²) in [4.78, 5) is 10.4. The van der Waals surface area contributed by atoms with Crippen molar-refractivity contribution < 1.29 is 14.6 Å². The molecule has 132 valence electrons. The van der Waals surface area contributed by atoms with Crippen molar-refractivity contribution in [2.45, 2.75) is 6.42 Å². The van der Waals surface area contributed by atoms with E-state index in [2.05, 4.69) is 20.9 Å². The van der Waals surface area contributed by atoms with Crippen molar-refractivity contribution in [1.82, 2.24) is 4.98 Å². The molecule has 0 atom stereocenters. The lowest BCUT2D eigenvalue weighted by molar-refractivity contribution is 0.373. The Bertz CT molecular complexity index is 1030. The van der Waals surface area contributed by atoms with Gasteiger partial charge in [-0.2, -0.15) is 0 Å². The van der Waals surface area contributed by atoms with Crippen molar-refractivity contribution in [3.05, 3.63) is 50.8 Å². The van der Waals surface area contributed by atoms with E-state index in [9.17, 15) is 5.11 Å². The van der Waals surface area contributed by atoms with Crippen LogP contribution in [0.25, 0.3) is 11.3 Å². The number of rotatable bonds is 4. The SMILES string of the molecule is COc1cc(C=Nc2nc3c(s2)Cc2c(Br)ccc(OC)c2-3)ccc1O. The number of halogens is 1. The second-order valence-corrected chi connectivity index (χ2v) is 7.65. The summed E-state index contributed by atoms with van der Waals surface area (Å²) in [7, 11) is 3.19. The molecule has 7 heteroatoms. The van der Waals surface area contributed by atoms with E-state index in [-0.39, 0.29) is 5.75 Å². The van der Waals surface area contributed by atoms with Crippen LogP contribution in [-0.4, -0.2) is 30.5 Å². The van der Waals surface area contributed by atoms with E-state index in [0.717, 1.165) is 33.5 Å². The number of nitrogens with zero attached hydrogens (tertiary/aromatic N) is 2. The molecule has 1 heterocycles. The largest absolute Gasteiger partial charge is 0.504 e. The Morgan fingerprint density at radius 2 is 2.00 bits per heavy atom. The average molecular weight is 431 g/mol. The zero-order chi connectivity index (χ0) is 18.3. The van der Waals surface area contributed by atoms with Crippen LogP contribution in [0.4, 0.5) is 5.13 Å². The summed E-state index contributed by atoms with van der Waals surface area (Å²) in [6.07, 6.45) is 2.54. The molecule has 1 N–H and O–H groups in total. The normalized spacial score (nSPS) is 12.3. The number of fused-ring (bicyclic) bond motifs is 3. The molecule has 2 aromatic carbocycles. The molecular formula is C19H15BrN2O3S. The lowest BCUT2D eigenvalue weighted by atomic mass is 10.1. The summed E-state index contributed by atoms with van der Waals surface area (Å²) in [6.45, 7) is 0. The molecule has 0 radical (unpaired) electrons. The predicted molar refractivity (Wildman–Crippen MR) is 107 cm³/mol. The highest BCUT2D eigenvalue weighted by atomic mass is 79.9. The van der Waals surface area contributed by atoms with Crippen LogP contribution in [0.2, 0.25) is 0 Å². The van der Waals surface area contributed by atoms with Crippen molar-refractivity contribution in [2.24, 2.45) is 4.99 Å². The van der Waals surface area contributed by atoms with Gasteiger partial charge in [-0.05, 0) is 41.5 Å². The van der Waals surface area contributed by atoms with E-state index in [1.54, 1.807) is 42.9 Å². The molecule has 1 aliphatic rings. The van der Waals surface area contributed by atoms with Gasteiger partial charge in [0.15, 0.2) is 11.5 Å². The van der Waals surface area contributed by atoms with Gasteiger partial charge in [0, 0.05) is 27.5 Å². The molecule has 0 saturated carbocycles. The van der Waals surface area contributed by atoms with Crippen molar-refractivity contribution in [2.75, 3.05) is 14.2 Å². The summed E-state index contributed by atoms with van der Waals surface area (Å²) in [5, 5.41) is 10.4. The standard InChI is InChI=1S/C19H15BrN2O3S/c1-24-14-6-4-12(20)11-8-16-18(17(11)14)22-19(26-16)21-9-10-3-5-13(23)15(7-10)25-2/h3-7,9,23H,8H2,1-2H3. The number of hydrogen-bond acceptors (Lipinski definition) is 6. The van der Waals surface area contributed by atoms with E-state index in [1.165, 1.54) is 17.6 Å². The van der Waals surface area contributed by atoms with E-state index in [0.29, 0.717) is 10.9 Å². The van der Waals surface area contributed by atoms with Crippen molar-refractivity contribution in [3.8, 4) is 28.5 Å². The maximum atomic E-state index is 9.67. The fourth-order valence-electron chi connectivity index (χ4n) is 2.98. The molecular weight excluding hydrogens is 416 g/mol. The van der Waals surface area contributed by atoms with Crippen LogP contribution in [-0.2, 0) is 6.42 Å². The summed E-state index contributed by atoms with van der Waals surface area (Å²) >= 11 is 5.19. The fourth-order valence-corrected chi connectivity index (χ4v) is 4.37. The third-order valence-electron chi connectivity index (χ3n) is 4.23. The molecule has 5 nitrogen and oxygen atoms in total. The van der Waals surface area contributed by atoms with Gasteiger partial charge in [-0.15, -0.1) is 0 Å². The summed E-state index contributed by atoms with van der Waals surface area (Å²) in [6, 6.07) is 9.04. The van der Waals surface area contributed by atoms with Crippen LogP contribution in [0.1, 0.15) is 16.0 Å². The van der Waals surface area contributed by atoms with Gasteiger partial charge in [-0.25, -0.2) is 9.98 Å². The molecule has 1 aromatic heterocycles. The highest BCUT2D eigenvalue weighted by Gasteiger charge is 2.28. The Morgan fingerprint density at radius 3 is 2.77 bits per heavy atom. The first-order valence-corrected chi connectivity index (χ1v) is 9.48. The lowest BCUT2D eigenvalue weighted by Gasteiger charge is -2.08. The minimum atomic E-state index is 0.104. The topological polar surface area (TPSA) is 63.9 Å². The number of thiazole rings is 1. The van der Waals surface area contributed by atoms with Crippen LogP contribution in [0.15, 0.2) is 39.8 Å². The van der Waals surface area contributed by atoms with E-state index >= 15 is 0 Å². The minimum absolute atomic E-state index is 0.104. The number of aromatic nitrogens is 1. The zero-order valence-corrected chi connectivity index (χ0v) is 16.5. The van der Waals surface area contributed by atoms with Gasteiger partial charge >= 0.3 is 0 Å². The second kappa shape index (κ2) is 6.74. The highest BCUT2D eigenvalue weighted by molar-refractivity contribution is 9.10. The van der Waals surface area contributed by atoms with Crippen LogP contribution in [0, 0.1) is 0 Å². The van der Waals surface area contributed by atoms with Gasteiger partial charge in [0.25, 0.3) is 0 Å². The summed E-state index contributed by atoms with van der Waals surface area (Å²) < 4.78 is 11.7. The molecule has 0 aliphatic heterocycles. The molecule has 0 unspecified atom stereocenters. The third kappa shape index (κ3) is 2.87. The Labute approximate surface area is 163 Å². The number of ether oxygens (including phenoxy) is 2. The van der Waals surface area contributed by atoms with Crippen LogP contribution < -0.4 is 9.47 Å². The second-order valence-electron chi connectivity index (χ2n) is 5.74. The molecule has 0 fully saturated rings. The molecule has 0 bridgehead atoms. The summed E-state index contributed by atoms with van der Waals surface area (Å²) in [5.41, 5.74) is 4.02. The molecule has 0 saturated heterocycles. The maximum Gasteiger partial charge on any atom is 0.209 e. The van der Waals surface area contributed by atoms with E-state index in [1.807, 2.05) is 12.1 Å². The Balaban J connectivity index is 1.67. The monoisotopic (exact) mass is 430 g/mol. The molecule has 0 spiro atoms. The predicted octanol–water partition coefficient (Wildman–Crippen LogP) is 4.95. The molecule has 1 aliphatic carbocycles. The molecule has 4 rings (SSSR count). The number of aliphatic imine (C=N–C) groups is 1. The van der Waals surface area contributed by atoms with Gasteiger partial charge < -0.3 is 14.6 Å². The van der Waals surface area contributed by atoms with Crippen LogP contribution in [0.5, 0.6) is 17.2 Å². The first-order valence-electron chi connectivity index (χ1n) is 7.87. The van der Waals surface area contributed by atoms with Gasteiger partial charge in [0.05, 0.1) is 19.9 Å². The lowest BCUT2D eigenvalue weighted by Crippen LogP contribution is -1.90. The van der Waals surface area contributed by atoms with Crippen molar-refractivity contribution in [1.29, 1.82) is 0 Å². The van der Waals surface area contributed by atoms with Gasteiger partial charge in [0.1, 0.15) is 5.75 Å². The first-order chi connectivity index (χ1) is 12.6.